The number of morpholine rings is 1. The fourth-order valence-electron chi connectivity index (χ4n) is 1.55. The van der Waals surface area contributed by atoms with Crippen molar-refractivity contribution in [3.63, 3.8) is 0 Å². The molecule has 0 amide bonds. The Kier molecular flexibility index (Phi) is 4.27. The first kappa shape index (κ1) is 12.9. The Balaban J connectivity index is 2.38. The summed E-state index contributed by atoms with van der Waals surface area (Å²) >= 11 is 0. The summed E-state index contributed by atoms with van der Waals surface area (Å²) in [5.41, 5.74) is -0.350. The molecule has 90 valence electrons. The molecule has 1 heterocycles. The highest BCUT2D eigenvalue weighted by molar-refractivity contribution is 5.72. The van der Waals surface area contributed by atoms with Crippen molar-refractivity contribution in [1.82, 2.24) is 4.90 Å². The van der Waals surface area contributed by atoms with Gasteiger partial charge in [-0.15, -0.1) is 0 Å². The van der Waals surface area contributed by atoms with Crippen molar-refractivity contribution in [2.24, 2.45) is 5.41 Å². The molecule has 5 nitrogen and oxygen atoms in total. The van der Waals surface area contributed by atoms with Crippen molar-refractivity contribution in [3.8, 4) is 6.07 Å². The molecule has 0 aromatic heterocycles. The zero-order chi connectivity index (χ0) is 12.2. The lowest BCUT2D eigenvalue weighted by atomic mass is 9.91. The predicted octanol–water partition coefficient (Wildman–Crippen LogP) is 0.712. The number of carbonyl (C=O) groups is 1. The summed E-state index contributed by atoms with van der Waals surface area (Å²) in [6.07, 6.45) is 0.0227. The third kappa shape index (κ3) is 3.80. The van der Waals surface area contributed by atoms with Crippen LogP contribution in [0.1, 0.15) is 20.3 Å². The second-order valence-electron chi connectivity index (χ2n) is 4.74. The molecule has 5 heteroatoms. The molecule has 1 unspecified atom stereocenters. The Morgan fingerprint density at radius 1 is 1.69 bits per heavy atom. The number of nitrogens with zero attached hydrogens (tertiary/aromatic N) is 2. The summed E-state index contributed by atoms with van der Waals surface area (Å²) in [5.74, 6) is -0.913. The Morgan fingerprint density at radius 3 is 2.94 bits per heavy atom. The molecule has 1 rings (SSSR count). The topological polar surface area (TPSA) is 73.6 Å². The van der Waals surface area contributed by atoms with E-state index in [1.807, 2.05) is 18.7 Å². The number of hydrogen-bond donors (Lipinski definition) is 1. The van der Waals surface area contributed by atoms with Crippen LogP contribution in [-0.4, -0.2) is 48.3 Å². The minimum atomic E-state index is -0.913. The maximum atomic E-state index is 10.8. The van der Waals surface area contributed by atoms with Gasteiger partial charge in [-0.05, 0) is 26.8 Å². The summed E-state index contributed by atoms with van der Waals surface area (Å²) in [6, 6.07) is 2.24. The number of ether oxygens (including phenoxy) is 1. The first-order chi connectivity index (χ1) is 7.44. The molecule has 1 saturated heterocycles. The number of nitriles is 1. The first-order valence-corrected chi connectivity index (χ1v) is 5.42. The lowest BCUT2D eigenvalue weighted by Gasteiger charge is -2.32. The van der Waals surface area contributed by atoms with Crippen molar-refractivity contribution in [3.05, 3.63) is 0 Å². The molecular formula is C11H18N2O3. The smallest absolute Gasteiger partial charge is 0.334 e. The van der Waals surface area contributed by atoms with Gasteiger partial charge in [0.1, 0.15) is 0 Å². The molecule has 1 N–H and O–H groups in total. The summed E-state index contributed by atoms with van der Waals surface area (Å²) < 4.78 is 5.12. The molecule has 0 aliphatic carbocycles. The van der Waals surface area contributed by atoms with E-state index < -0.39 is 12.1 Å². The van der Waals surface area contributed by atoms with Gasteiger partial charge in [0.2, 0.25) is 0 Å². The van der Waals surface area contributed by atoms with E-state index in [0.717, 1.165) is 19.5 Å². The molecule has 0 radical (unpaired) electrons. The molecule has 16 heavy (non-hydrogen) atoms. The fraction of sp³-hybridized carbons (Fsp3) is 0.818. The highest BCUT2D eigenvalue weighted by atomic mass is 16.5. The zero-order valence-corrected chi connectivity index (χ0v) is 9.77. The van der Waals surface area contributed by atoms with Gasteiger partial charge < -0.3 is 9.84 Å². The third-order valence-electron chi connectivity index (χ3n) is 2.78. The summed E-state index contributed by atoms with van der Waals surface area (Å²) in [4.78, 5) is 12.8. The molecule has 1 aliphatic rings. The van der Waals surface area contributed by atoms with E-state index in [-0.39, 0.29) is 5.41 Å². The van der Waals surface area contributed by atoms with Gasteiger partial charge in [-0.25, -0.2) is 4.79 Å². The Labute approximate surface area is 95.6 Å². The molecular weight excluding hydrogens is 208 g/mol. The van der Waals surface area contributed by atoms with Crippen LogP contribution in [0.25, 0.3) is 0 Å². The number of aliphatic carboxylic acids is 1. The highest BCUT2D eigenvalue weighted by Crippen LogP contribution is 2.19. The average molecular weight is 226 g/mol. The van der Waals surface area contributed by atoms with Crippen molar-refractivity contribution in [1.29, 1.82) is 5.26 Å². The summed E-state index contributed by atoms with van der Waals surface area (Å²) in [6.45, 7) is 6.13. The van der Waals surface area contributed by atoms with E-state index in [4.69, 9.17) is 15.1 Å². The quantitative estimate of drug-likeness (QED) is 0.764. The van der Waals surface area contributed by atoms with Gasteiger partial charge in [0, 0.05) is 13.1 Å². The van der Waals surface area contributed by atoms with Gasteiger partial charge in [0.25, 0.3) is 0 Å². The van der Waals surface area contributed by atoms with E-state index >= 15 is 0 Å². The minimum Gasteiger partial charge on any atom is -0.479 e. The lowest BCUT2D eigenvalue weighted by molar-refractivity contribution is -0.156. The molecule has 1 aliphatic heterocycles. The molecule has 0 bridgehead atoms. The van der Waals surface area contributed by atoms with Crippen LogP contribution in [0.4, 0.5) is 0 Å². The van der Waals surface area contributed by atoms with Gasteiger partial charge in [0.15, 0.2) is 6.10 Å². The van der Waals surface area contributed by atoms with E-state index in [0.29, 0.717) is 13.2 Å². The van der Waals surface area contributed by atoms with Crippen molar-refractivity contribution >= 4 is 5.97 Å². The Bertz CT molecular complexity index is 296. The first-order valence-electron chi connectivity index (χ1n) is 5.42. The van der Waals surface area contributed by atoms with Gasteiger partial charge in [-0.3, -0.25) is 4.90 Å². The SMILES string of the molecule is CC(C)(C#N)CCN1CCOC(C(=O)O)C1. The van der Waals surface area contributed by atoms with Gasteiger partial charge in [0.05, 0.1) is 18.1 Å². The standard InChI is InChI=1S/C11H18N2O3/c1-11(2,8-12)3-4-13-5-6-16-9(7-13)10(14)15/h9H,3-7H2,1-2H3,(H,14,15). The zero-order valence-electron chi connectivity index (χ0n) is 9.77. The monoisotopic (exact) mass is 226 g/mol. The van der Waals surface area contributed by atoms with Crippen molar-refractivity contribution < 1.29 is 14.6 Å². The molecule has 0 saturated carbocycles. The Morgan fingerprint density at radius 2 is 2.38 bits per heavy atom. The fourth-order valence-corrected chi connectivity index (χ4v) is 1.55. The second kappa shape index (κ2) is 5.28. The van der Waals surface area contributed by atoms with Crippen LogP contribution in [0.5, 0.6) is 0 Å². The number of rotatable bonds is 4. The minimum absolute atomic E-state index is 0.350. The maximum Gasteiger partial charge on any atom is 0.334 e. The van der Waals surface area contributed by atoms with Gasteiger partial charge >= 0.3 is 5.97 Å². The van der Waals surface area contributed by atoms with Crippen LogP contribution in [0, 0.1) is 16.7 Å². The average Bonchev–Trinajstić information content (AvgIpc) is 2.27. The normalized spacial score (nSPS) is 22.7. The number of carboxylic acids is 1. The van der Waals surface area contributed by atoms with Crippen LogP contribution in [0.15, 0.2) is 0 Å². The van der Waals surface area contributed by atoms with Gasteiger partial charge in [-0.1, -0.05) is 0 Å². The molecule has 0 aromatic rings. The van der Waals surface area contributed by atoms with Crippen LogP contribution in [0.3, 0.4) is 0 Å². The van der Waals surface area contributed by atoms with Crippen molar-refractivity contribution in [2.75, 3.05) is 26.2 Å². The van der Waals surface area contributed by atoms with Crippen LogP contribution in [0.2, 0.25) is 0 Å². The summed E-state index contributed by atoms with van der Waals surface area (Å²) in [5, 5.41) is 17.7. The van der Waals surface area contributed by atoms with E-state index in [2.05, 4.69) is 6.07 Å². The highest BCUT2D eigenvalue weighted by Gasteiger charge is 2.27. The van der Waals surface area contributed by atoms with Crippen LogP contribution >= 0.6 is 0 Å². The van der Waals surface area contributed by atoms with Crippen LogP contribution in [-0.2, 0) is 9.53 Å². The molecule has 0 aromatic carbocycles. The Hall–Kier alpha value is -1.12. The largest absolute Gasteiger partial charge is 0.479 e. The maximum absolute atomic E-state index is 10.8. The van der Waals surface area contributed by atoms with Crippen LogP contribution < -0.4 is 0 Å². The third-order valence-corrected chi connectivity index (χ3v) is 2.78. The second-order valence-corrected chi connectivity index (χ2v) is 4.74. The van der Waals surface area contributed by atoms with Gasteiger partial charge in [-0.2, -0.15) is 5.26 Å². The number of hydrogen-bond acceptors (Lipinski definition) is 4. The summed E-state index contributed by atoms with van der Waals surface area (Å²) in [7, 11) is 0. The molecule has 0 spiro atoms. The molecule has 1 fully saturated rings. The van der Waals surface area contributed by atoms with Crippen molar-refractivity contribution in [2.45, 2.75) is 26.4 Å². The number of carboxylic acid groups (broad SMARTS) is 1. The van der Waals surface area contributed by atoms with E-state index in [9.17, 15) is 4.79 Å². The lowest BCUT2D eigenvalue weighted by Crippen LogP contribution is -2.46. The van der Waals surface area contributed by atoms with E-state index in [1.54, 1.807) is 0 Å². The van der Waals surface area contributed by atoms with E-state index in [1.165, 1.54) is 0 Å². The predicted molar refractivity (Wildman–Crippen MR) is 57.8 cm³/mol. The molecule has 1 atom stereocenters.